The maximum absolute atomic E-state index is 12.5. The second-order valence-electron chi connectivity index (χ2n) is 5.61. The molecule has 0 aromatic heterocycles. The third kappa shape index (κ3) is 4.40. The van der Waals surface area contributed by atoms with E-state index in [4.69, 9.17) is 16.3 Å². The summed E-state index contributed by atoms with van der Waals surface area (Å²) in [5.41, 5.74) is 2.77. The molecule has 0 heterocycles. The Labute approximate surface area is 152 Å². The molecule has 4 heteroatoms. The average molecular weight is 352 g/mol. The Morgan fingerprint density at radius 2 is 1.56 bits per heavy atom. The van der Waals surface area contributed by atoms with E-state index in [-0.39, 0.29) is 5.91 Å². The molecule has 0 aliphatic carbocycles. The Bertz CT molecular complexity index is 847. The van der Waals surface area contributed by atoms with E-state index >= 15 is 0 Å². The smallest absolute Gasteiger partial charge is 0.265 e. The van der Waals surface area contributed by atoms with Gasteiger partial charge in [0.1, 0.15) is 5.75 Å². The first kappa shape index (κ1) is 17.1. The zero-order valence-electron chi connectivity index (χ0n) is 13.8. The molecular formula is C21H18ClNO2. The first-order valence-corrected chi connectivity index (χ1v) is 8.39. The Hall–Kier alpha value is -2.78. The van der Waals surface area contributed by atoms with Crippen LogP contribution in [0.1, 0.15) is 6.92 Å². The first-order valence-electron chi connectivity index (χ1n) is 8.01. The Morgan fingerprint density at radius 3 is 2.28 bits per heavy atom. The fourth-order valence-electron chi connectivity index (χ4n) is 2.47. The molecule has 0 saturated carbocycles. The molecule has 0 aliphatic rings. The van der Waals surface area contributed by atoms with E-state index in [1.54, 1.807) is 31.2 Å². The highest BCUT2D eigenvalue weighted by molar-refractivity contribution is 6.30. The first-order chi connectivity index (χ1) is 12.1. The highest BCUT2D eigenvalue weighted by Crippen LogP contribution is 2.27. The van der Waals surface area contributed by atoms with Gasteiger partial charge in [-0.25, -0.2) is 0 Å². The summed E-state index contributed by atoms with van der Waals surface area (Å²) in [6, 6.07) is 24.6. The predicted molar refractivity (Wildman–Crippen MR) is 102 cm³/mol. The van der Waals surface area contributed by atoms with Crippen molar-refractivity contribution in [1.82, 2.24) is 0 Å². The minimum atomic E-state index is -0.634. The fourth-order valence-corrected chi connectivity index (χ4v) is 2.59. The van der Waals surface area contributed by atoms with Crippen LogP contribution >= 0.6 is 11.6 Å². The summed E-state index contributed by atoms with van der Waals surface area (Å²) < 4.78 is 5.68. The molecule has 0 unspecified atom stereocenters. The van der Waals surface area contributed by atoms with Crippen molar-refractivity contribution in [3.05, 3.63) is 83.9 Å². The molecule has 25 heavy (non-hydrogen) atoms. The molecule has 1 amide bonds. The summed E-state index contributed by atoms with van der Waals surface area (Å²) in [6.45, 7) is 1.72. The lowest BCUT2D eigenvalue weighted by Crippen LogP contribution is -2.30. The lowest BCUT2D eigenvalue weighted by atomic mass is 10.0. The summed E-state index contributed by atoms with van der Waals surface area (Å²) in [5.74, 6) is 0.390. The number of hydrogen-bond acceptors (Lipinski definition) is 2. The zero-order valence-corrected chi connectivity index (χ0v) is 14.5. The van der Waals surface area contributed by atoms with Gasteiger partial charge in [-0.2, -0.15) is 0 Å². The summed E-state index contributed by atoms with van der Waals surface area (Å²) in [7, 11) is 0. The standard InChI is InChI=1S/C21H18ClNO2/c1-15(25-18-13-11-17(22)12-14-18)21(24)23-20-10-6-5-9-19(20)16-7-3-2-4-8-16/h2-15H,1H3,(H,23,24)/t15-/m0/s1. The van der Waals surface area contributed by atoms with Gasteiger partial charge in [0.2, 0.25) is 0 Å². The van der Waals surface area contributed by atoms with Crippen molar-refractivity contribution in [1.29, 1.82) is 0 Å². The highest BCUT2D eigenvalue weighted by atomic mass is 35.5. The molecule has 0 aliphatic heterocycles. The van der Waals surface area contributed by atoms with E-state index in [9.17, 15) is 4.79 Å². The van der Waals surface area contributed by atoms with Crippen molar-refractivity contribution in [2.75, 3.05) is 5.32 Å². The average Bonchev–Trinajstić information content (AvgIpc) is 2.64. The van der Waals surface area contributed by atoms with E-state index in [1.807, 2.05) is 54.6 Å². The van der Waals surface area contributed by atoms with Gasteiger partial charge in [-0.05, 0) is 42.8 Å². The van der Waals surface area contributed by atoms with Crippen molar-refractivity contribution < 1.29 is 9.53 Å². The van der Waals surface area contributed by atoms with E-state index in [0.717, 1.165) is 16.8 Å². The van der Waals surface area contributed by atoms with Gasteiger partial charge in [-0.15, -0.1) is 0 Å². The molecule has 0 radical (unpaired) electrons. The third-order valence-corrected chi connectivity index (χ3v) is 4.02. The van der Waals surface area contributed by atoms with Crippen molar-refractivity contribution in [3.8, 4) is 16.9 Å². The topological polar surface area (TPSA) is 38.3 Å². The number of benzene rings is 3. The van der Waals surface area contributed by atoms with Gasteiger partial charge in [0.05, 0.1) is 0 Å². The van der Waals surface area contributed by atoms with E-state index in [1.165, 1.54) is 0 Å². The minimum absolute atomic E-state index is 0.210. The van der Waals surface area contributed by atoms with Gasteiger partial charge >= 0.3 is 0 Å². The molecule has 3 rings (SSSR count). The molecule has 0 bridgehead atoms. The van der Waals surface area contributed by atoms with Crippen LogP contribution in [0.15, 0.2) is 78.9 Å². The molecule has 1 N–H and O–H groups in total. The highest BCUT2D eigenvalue weighted by Gasteiger charge is 2.16. The number of ether oxygens (including phenoxy) is 1. The second-order valence-corrected chi connectivity index (χ2v) is 6.05. The fraction of sp³-hybridized carbons (Fsp3) is 0.0952. The van der Waals surface area contributed by atoms with Crippen LogP contribution in [0.3, 0.4) is 0 Å². The van der Waals surface area contributed by atoms with Crippen molar-refractivity contribution in [2.45, 2.75) is 13.0 Å². The Kier molecular flexibility index (Phi) is 5.36. The number of anilines is 1. The van der Waals surface area contributed by atoms with Crippen LogP contribution in [0.2, 0.25) is 5.02 Å². The van der Waals surface area contributed by atoms with Crippen LogP contribution in [0.4, 0.5) is 5.69 Å². The summed E-state index contributed by atoms with van der Waals surface area (Å²) >= 11 is 5.86. The molecule has 1 atom stereocenters. The maximum Gasteiger partial charge on any atom is 0.265 e. The van der Waals surface area contributed by atoms with Crippen LogP contribution in [-0.2, 0) is 4.79 Å². The lowest BCUT2D eigenvalue weighted by Gasteiger charge is -2.16. The maximum atomic E-state index is 12.5. The number of carbonyl (C=O) groups is 1. The zero-order chi connectivity index (χ0) is 17.6. The largest absolute Gasteiger partial charge is 0.481 e. The lowest BCUT2D eigenvalue weighted by molar-refractivity contribution is -0.122. The Balaban J connectivity index is 1.74. The van der Waals surface area contributed by atoms with E-state index < -0.39 is 6.10 Å². The number of nitrogens with one attached hydrogen (secondary N) is 1. The molecule has 126 valence electrons. The molecule has 0 fully saturated rings. The van der Waals surface area contributed by atoms with Crippen molar-refractivity contribution in [3.63, 3.8) is 0 Å². The summed E-state index contributed by atoms with van der Waals surface area (Å²) in [5, 5.41) is 3.58. The SMILES string of the molecule is C[C@H](Oc1ccc(Cl)cc1)C(=O)Nc1ccccc1-c1ccccc1. The summed E-state index contributed by atoms with van der Waals surface area (Å²) in [4.78, 5) is 12.5. The van der Waals surface area contributed by atoms with Gasteiger partial charge in [-0.3, -0.25) is 4.79 Å². The number of rotatable bonds is 5. The molecular weight excluding hydrogens is 334 g/mol. The van der Waals surface area contributed by atoms with Gasteiger partial charge < -0.3 is 10.1 Å². The number of hydrogen-bond donors (Lipinski definition) is 1. The quantitative estimate of drug-likeness (QED) is 0.667. The van der Waals surface area contributed by atoms with Gasteiger partial charge in [-0.1, -0.05) is 60.1 Å². The molecule has 0 saturated heterocycles. The van der Waals surface area contributed by atoms with Gasteiger partial charge in [0.15, 0.2) is 6.10 Å². The molecule has 3 nitrogen and oxygen atoms in total. The van der Waals surface area contributed by atoms with Crippen LogP contribution in [0.5, 0.6) is 5.75 Å². The molecule has 0 spiro atoms. The number of amides is 1. The normalized spacial score (nSPS) is 11.6. The minimum Gasteiger partial charge on any atom is -0.481 e. The predicted octanol–water partition coefficient (Wildman–Crippen LogP) is 5.41. The number of carbonyl (C=O) groups excluding carboxylic acids is 1. The van der Waals surface area contributed by atoms with Gasteiger partial charge in [0, 0.05) is 16.3 Å². The van der Waals surface area contributed by atoms with Crippen molar-refractivity contribution >= 4 is 23.2 Å². The van der Waals surface area contributed by atoms with Crippen LogP contribution in [-0.4, -0.2) is 12.0 Å². The van der Waals surface area contributed by atoms with Crippen LogP contribution in [0, 0.1) is 0 Å². The molecule has 3 aromatic carbocycles. The van der Waals surface area contributed by atoms with Crippen LogP contribution in [0.25, 0.3) is 11.1 Å². The van der Waals surface area contributed by atoms with Gasteiger partial charge in [0.25, 0.3) is 5.91 Å². The monoisotopic (exact) mass is 351 g/mol. The Morgan fingerprint density at radius 1 is 0.920 bits per heavy atom. The third-order valence-electron chi connectivity index (χ3n) is 3.77. The summed E-state index contributed by atoms with van der Waals surface area (Å²) in [6.07, 6.45) is -0.634. The number of halogens is 1. The number of para-hydroxylation sites is 1. The van der Waals surface area contributed by atoms with Crippen LogP contribution < -0.4 is 10.1 Å². The second kappa shape index (κ2) is 7.86. The van der Waals surface area contributed by atoms with E-state index in [2.05, 4.69) is 5.32 Å². The van der Waals surface area contributed by atoms with Crippen molar-refractivity contribution in [2.24, 2.45) is 0 Å². The molecule has 3 aromatic rings. The van der Waals surface area contributed by atoms with E-state index in [0.29, 0.717) is 10.8 Å².